The second kappa shape index (κ2) is 7.55. The molecule has 0 unspecified atom stereocenters. The van der Waals surface area contributed by atoms with Crippen LogP contribution in [-0.2, 0) is 4.74 Å². The molecule has 0 saturated carbocycles. The zero-order valence-electron chi connectivity index (χ0n) is 14.7. The summed E-state index contributed by atoms with van der Waals surface area (Å²) in [6.45, 7) is 3.63. The van der Waals surface area contributed by atoms with E-state index in [9.17, 15) is 9.59 Å². The van der Waals surface area contributed by atoms with Crippen molar-refractivity contribution < 1.29 is 9.53 Å². The summed E-state index contributed by atoms with van der Waals surface area (Å²) in [4.78, 5) is 34.2. The minimum atomic E-state index is -0.444. The van der Waals surface area contributed by atoms with Crippen molar-refractivity contribution in [2.45, 2.75) is 37.8 Å². The molecule has 2 aliphatic rings. The number of aromatic amines is 1. The van der Waals surface area contributed by atoms with E-state index >= 15 is 0 Å². The Kier molecular flexibility index (Phi) is 4.99. The van der Waals surface area contributed by atoms with Crippen LogP contribution in [0.15, 0.2) is 29.1 Å². The fourth-order valence-corrected chi connectivity index (χ4v) is 3.90. The van der Waals surface area contributed by atoms with Gasteiger partial charge in [0, 0.05) is 38.4 Å². The van der Waals surface area contributed by atoms with Crippen molar-refractivity contribution in [3.8, 4) is 0 Å². The number of carbonyl (C=O) groups is 1. The highest BCUT2D eigenvalue weighted by molar-refractivity contribution is 5.93. The number of likely N-dealkylation sites (tertiary alicyclic amines) is 1. The number of aromatic nitrogens is 2. The third kappa shape index (κ3) is 3.64. The summed E-state index contributed by atoms with van der Waals surface area (Å²) in [7, 11) is 0. The first-order valence-electron chi connectivity index (χ1n) is 9.32. The maximum Gasteiger partial charge on any atom is 0.280 e. The highest BCUT2D eigenvalue weighted by Crippen LogP contribution is 2.20. The van der Waals surface area contributed by atoms with Crippen LogP contribution in [0.2, 0.25) is 0 Å². The molecule has 2 aromatic rings. The van der Waals surface area contributed by atoms with E-state index < -0.39 is 5.56 Å². The molecule has 2 N–H and O–H groups in total. The third-order valence-corrected chi connectivity index (χ3v) is 5.39. The predicted octanol–water partition coefficient (Wildman–Crippen LogP) is 1.30. The third-order valence-electron chi connectivity index (χ3n) is 5.39. The number of nitrogens with zero attached hydrogens (tertiary/aromatic N) is 2. The van der Waals surface area contributed by atoms with E-state index in [4.69, 9.17) is 4.74 Å². The summed E-state index contributed by atoms with van der Waals surface area (Å²) in [5.74, 6) is -0.387. The molecule has 4 rings (SSSR count). The van der Waals surface area contributed by atoms with Crippen molar-refractivity contribution in [3.05, 3.63) is 40.3 Å². The second-order valence-electron chi connectivity index (χ2n) is 7.06. The van der Waals surface area contributed by atoms with Crippen molar-refractivity contribution in [1.29, 1.82) is 0 Å². The van der Waals surface area contributed by atoms with Gasteiger partial charge in [0.15, 0.2) is 5.69 Å². The molecule has 2 aliphatic heterocycles. The van der Waals surface area contributed by atoms with Gasteiger partial charge >= 0.3 is 0 Å². The van der Waals surface area contributed by atoms with Gasteiger partial charge in [0.1, 0.15) is 0 Å². The van der Waals surface area contributed by atoms with Crippen molar-refractivity contribution >= 4 is 16.9 Å². The predicted molar refractivity (Wildman–Crippen MR) is 98.3 cm³/mol. The normalized spacial score (nSPS) is 20.3. The molecular weight excluding hydrogens is 332 g/mol. The number of nitrogens with one attached hydrogen (secondary N) is 2. The van der Waals surface area contributed by atoms with E-state index in [2.05, 4.69) is 20.2 Å². The molecule has 7 nitrogen and oxygen atoms in total. The molecule has 2 fully saturated rings. The summed E-state index contributed by atoms with van der Waals surface area (Å²) in [6, 6.07) is 7.91. The summed E-state index contributed by atoms with van der Waals surface area (Å²) in [5.41, 5.74) is 0.752. The first-order valence-corrected chi connectivity index (χ1v) is 9.32. The number of hydrogen-bond acceptors (Lipinski definition) is 5. The zero-order valence-corrected chi connectivity index (χ0v) is 14.7. The van der Waals surface area contributed by atoms with Gasteiger partial charge in [-0.05, 0) is 37.8 Å². The Labute approximate surface area is 151 Å². The lowest BCUT2D eigenvalue weighted by molar-refractivity contribution is 0.0238. The number of piperidine rings is 1. The minimum Gasteiger partial charge on any atom is -0.381 e. The molecule has 0 radical (unpaired) electrons. The molecule has 0 bridgehead atoms. The Balaban J connectivity index is 1.38. The molecular formula is C19H24N4O3. The molecule has 1 aromatic heterocycles. The van der Waals surface area contributed by atoms with E-state index in [1.54, 1.807) is 12.1 Å². The highest BCUT2D eigenvalue weighted by Gasteiger charge is 2.28. The molecule has 0 aliphatic carbocycles. The first-order chi connectivity index (χ1) is 12.7. The maximum atomic E-state index is 12.5. The van der Waals surface area contributed by atoms with Gasteiger partial charge in [0.25, 0.3) is 11.5 Å². The van der Waals surface area contributed by atoms with Crippen molar-refractivity contribution in [1.82, 2.24) is 20.2 Å². The van der Waals surface area contributed by atoms with E-state index in [0.717, 1.165) is 52.0 Å². The van der Waals surface area contributed by atoms with E-state index in [1.807, 2.05) is 12.1 Å². The van der Waals surface area contributed by atoms with Gasteiger partial charge in [0.2, 0.25) is 0 Å². The summed E-state index contributed by atoms with van der Waals surface area (Å²) in [5, 5.41) is 2.99. The van der Waals surface area contributed by atoms with E-state index in [0.29, 0.717) is 17.1 Å². The Morgan fingerprint density at radius 2 is 1.88 bits per heavy atom. The van der Waals surface area contributed by atoms with E-state index in [-0.39, 0.29) is 17.6 Å². The maximum absolute atomic E-state index is 12.5. The van der Waals surface area contributed by atoms with Crippen LogP contribution in [0.1, 0.15) is 36.2 Å². The molecule has 26 heavy (non-hydrogen) atoms. The number of hydrogen-bond donors (Lipinski definition) is 2. The average molecular weight is 356 g/mol. The number of amides is 1. The lowest BCUT2D eigenvalue weighted by Gasteiger charge is -2.39. The Morgan fingerprint density at radius 1 is 1.15 bits per heavy atom. The number of fused-ring (bicyclic) bond motifs is 1. The average Bonchev–Trinajstić information content (AvgIpc) is 2.68. The molecule has 0 atom stereocenters. The lowest BCUT2D eigenvalue weighted by atomic mass is 9.99. The number of carbonyl (C=O) groups excluding carboxylic acids is 1. The molecule has 3 heterocycles. The van der Waals surface area contributed by atoms with Crippen molar-refractivity contribution in [3.63, 3.8) is 0 Å². The topological polar surface area (TPSA) is 87.3 Å². The Hall–Kier alpha value is -2.25. The van der Waals surface area contributed by atoms with Crippen LogP contribution < -0.4 is 10.9 Å². The first kappa shape index (κ1) is 17.2. The molecule has 1 aromatic carbocycles. The van der Waals surface area contributed by atoms with Crippen LogP contribution in [0.5, 0.6) is 0 Å². The van der Waals surface area contributed by atoms with Crippen LogP contribution in [0, 0.1) is 0 Å². The standard InChI is InChI=1S/C19H24N4O3/c24-18(17-19(25)22-16-4-2-1-3-15(16)21-17)20-13-5-9-23(10-6-13)14-7-11-26-12-8-14/h1-4,13-14H,5-12H2,(H,20,24)(H,22,25). The molecule has 7 heteroatoms. The van der Waals surface area contributed by atoms with Crippen LogP contribution >= 0.6 is 0 Å². The van der Waals surface area contributed by atoms with Gasteiger partial charge in [-0.1, -0.05) is 12.1 Å². The summed E-state index contributed by atoms with van der Waals surface area (Å²) < 4.78 is 5.43. The summed E-state index contributed by atoms with van der Waals surface area (Å²) in [6.07, 6.45) is 3.98. The molecule has 0 spiro atoms. The van der Waals surface area contributed by atoms with Crippen molar-refractivity contribution in [2.24, 2.45) is 0 Å². The van der Waals surface area contributed by atoms with Gasteiger partial charge in [0.05, 0.1) is 11.0 Å². The SMILES string of the molecule is O=C(NC1CCN(C2CCOCC2)CC1)c1nc2ccccc2[nH]c1=O. The smallest absolute Gasteiger partial charge is 0.280 e. The van der Waals surface area contributed by atoms with Crippen molar-refractivity contribution in [2.75, 3.05) is 26.3 Å². The number of benzene rings is 1. The van der Waals surface area contributed by atoms with Gasteiger partial charge in [-0.15, -0.1) is 0 Å². The van der Waals surface area contributed by atoms with Gasteiger partial charge in [-0.3, -0.25) is 9.59 Å². The van der Waals surface area contributed by atoms with Crippen LogP contribution in [0.4, 0.5) is 0 Å². The number of para-hydroxylation sites is 2. The quantitative estimate of drug-likeness (QED) is 0.865. The van der Waals surface area contributed by atoms with Crippen LogP contribution in [0.25, 0.3) is 11.0 Å². The van der Waals surface area contributed by atoms with E-state index in [1.165, 1.54) is 0 Å². The molecule has 2 saturated heterocycles. The zero-order chi connectivity index (χ0) is 17.9. The Bertz CT molecular complexity index is 836. The lowest BCUT2D eigenvalue weighted by Crippen LogP contribution is -2.49. The fourth-order valence-electron chi connectivity index (χ4n) is 3.90. The van der Waals surface area contributed by atoms with Gasteiger partial charge in [-0.2, -0.15) is 0 Å². The molecule has 1 amide bonds. The Morgan fingerprint density at radius 3 is 2.65 bits per heavy atom. The van der Waals surface area contributed by atoms with Gasteiger partial charge in [-0.25, -0.2) is 4.98 Å². The minimum absolute atomic E-state index is 0.0597. The number of H-pyrrole nitrogens is 1. The number of rotatable bonds is 3. The van der Waals surface area contributed by atoms with Crippen LogP contribution in [-0.4, -0.2) is 59.2 Å². The monoisotopic (exact) mass is 356 g/mol. The number of ether oxygens (including phenoxy) is 1. The largest absolute Gasteiger partial charge is 0.381 e. The molecule has 138 valence electrons. The highest BCUT2D eigenvalue weighted by atomic mass is 16.5. The van der Waals surface area contributed by atoms with Gasteiger partial charge < -0.3 is 19.9 Å². The summed E-state index contributed by atoms with van der Waals surface area (Å²) >= 11 is 0. The second-order valence-corrected chi connectivity index (χ2v) is 7.06. The fraction of sp³-hybridized carbons (Fsp3) is 0.526. The van der Waals surface area contributed by atoms with Crippen LogP contribution in [0.3, 0.4) is 0 Å².